The van der Waals surface area contributed by atoms with Gasteiger partial charge in [-0.2, -0.15) is 26.3 Å². The number of fused-ring (bicyclic) bond motifs is 6. The van der Waals surface area contributed by atoms with Crippen LogP contribution in [0.2, 0.25) is 19.6 Å². The molecule has 8 heteroatoms. The molecule has 1 aromatic heterocycles. The van der Waals surface area contributed by atoms with Crippen LogP contribution in [-0.2, 0) is 12.4 Å². The zero-order valence-electron chi connectivity index (χ0n) is 25.1. The number of hydrogen-bond donors (Lipinski definition) is 0. The molecule has 0 fully saturated rings. The molecule has 46 heavy (non-hydrogen) atoms. The maximum absolute atomic E-state index is 14.2. The molecule has 230 valence electrons. The Morgan fingerprint density at radius 3 is 1.85 bits per heavy atom. The zero-order chi connectivity index (χ0) is 32.6. The van der Waals surface area contributed by atoms with E-state index < -0.39 is 31.6 Å². The van der Waals surface area contributed by atoms with Crippen molar-refractivity contribution >= 4 is 56.4 Å². The van der Waals surface area contributed by atoms with Crippen molar-refractivity contribution in [3.63, 3.8) is 0 Å². The highest BCUT2D eigenvalue weighted by Gasteiger charge is 2.35. The zero-order valence-corrected chi connectivity index (χ0v) is 26.1. The molecule has 0 unspecified atom stereocenters. The summed E-state index contributed by atoms with van der Waals surface area (Å²) >= 11 is 0. The van der Waals surface area contributed by atoms with Crippen molar-refractivity contribution in [1.29, 1.82) is 0 Å². The Morgan fingerprint density at radius 1 is 0.500 bits per heavy atom. The molecule has 0 N–H and O–H groups in total. The van der Waals surface area contributed by atoms with Crippen molar-refractivity contribution in [2.45, 2.75) is 32.0 Å². The van der Waals surface area contributed by atoms with Gasteiger partial charge in [-0.3, -0.25) is 4.98 Å². The summed E-state index contributed by atoms with van der Waals surface area (Å²) in [7, 11) is -1.97. The molecular weight excluding hydrogens is 612 g/mol. The third kappa shape index (κ3) is 5.10. The smallest absolute Gasteiger partial charge is 0.256 e. The van der Waals surface area contributed by atoms with Crippen molar-refractivity contribution in [3.8, 4) is 22.4 Å². The molecule has 0 spiro atoms. The van der Waals surface area contributed by atoms with Crippen LogP contribution in [0.25, 0.3) is 65.5 Å². The first kappa shape index (κ1) is 30.0. The molecule has 0 saturated carbocycles. The second kappa shape index (κ2) is 10.4. The van der Waals surface area contributed by atoms with Gasteiger partial charge in [-0.05, 0) is 73.1 Å². The highest BCUT2D eigenvalue weighted by molar-refractivity contribution is 6.88. The molecule has 0 aliphatic heterocycles. The van der Waals surface area contributed by atoms with Crippen LogP contribution in [0.1, 0.15) is 11.1 Å². The number of pyridine rings is 1. The number of hydrogen-bond acceptors (Lipinski definition) is 1. The van der Waals surface area contributed by atoms with Gasteiger partial charge < -0.3 is 0 Å². The SMILES string of the molecule is C[Si](C)(C)c1ccc(-c2ccc3c(ccc4c5ccnc(-c6cc(C(F)(F)F)c7ccccc7c6)c5ccc34)c2)c(C(F)(F)F)c1. The minimum atomic E-state index is -4.54. The van der Waals surface area contributed by atoms with Crippen molar-refractivity contribution in [2.24, 2.45) is 0 Å². The first-order valence-corrected chi connectivity index (χ1v) is 18.3. The van der Waals surface area contributed by atoms with Gasteiger partial charge in [-0.1, -0.05) is 104 Å². The van der Waals surface area contributed by atoms with Crippen LogP contribution in [0.4, 0.5) is 26.3 Å². The number of nitrogens with zero attached hydrogens (tertiary/aromatic N) is 1. The summed E-state index contributed by atoms with van der Waals surface area (Å²) in [6.45, 7) is 6.06. The fourth-order valence-electron chi connectivity index (χ4n) is 6.39. The predicted octanol–water partition coefficient (Wildman–Crippen LogP) is 11.6. The maximum Gasteiger partial charge on any atom is 0.417 e. The summed E-state index contributed by atoms with van der Waals surface area (Å²) in [4.78, 5) is 4.51. The molecule has 0 saturated heterocycles. The normalized spacial score (nSPS) is 12.9. The van der Waals surface area contributed by atoms with Gasteiger partial charge in [-0.15, -0.1) is 0 Å². The van der Waals surface area contributed by atoms with Crippen molar-refractivity contribution < 1.29 is 26.3 Å². The van der Waals surface area contributed by atoms with E-state index in [-0.39, 0.29) is 10.9 Å². The highest BCUT2D eigenvalue weighted by atomic mass is 28.3. The lowest BCUT2D eigenvalue weighted by Crippen LogP contribution is -2.38. The van der Waals surface area contributed by atoms with E-state index in [2.05, 4.69) is 4.98 Å². The van der Waals surface area contributed by atoms with E-state index in [1.807, 2.05) is 62.1 Å². The molecule has 0 amide bonds. The molecule has 1 heterocycles. The molecule has 1 nitrogen and oxygen atoms in total. The first-order valence-electron chi connectivity index (χ1n) is 14.8. The van der Waals surface area contributed by atoms with Crippen LogP contribution in [-0.4, -0.2) is 13.1 Å². The number of benzene rings is 6. The lowest BCUT2D eigenvalue weighted by Gasteiger charge is -2.21. The average Bonchev–Trinajstić information content (AvgIpc) is 3.01. The molecule has 0 bridgehead atoms. The number of alkyl halides is 6. The molecule has 0 atom stereocenters. The third-order valence-electron chi connectivity index (χ3n) is 8.70. The van der Waals surface area contributed by atoms with Crippen LogP contribution in [0.15, 0.2) is 109 Å². The van der Waals surface area contributed by atoms with E-state index in [1.54, 1.807) is 48.7 Å². The quantitative estimate of drug-likeness (QED) is 0.107. The summed E-state index contributed by atoms with van der Waals surface area (Å²) < 4.78 is 85.0. The number of halogens is 6. The second-order valence-corrected chi connectivity index (χ2v) is 17.7. The van der Waals surface area contributed by atoms with Gasteiger partial charge in [0.05, 0.1) is 24.9 Å². The fourth-order valence-corrected chi connectivity index (χ4v) is 7.55. The van der Waals surface area contributed by atoms with Crippen LogP contribution >= 0.6 is 0 Å². The van der Waals surface area contributed by atoms with E-state index in [0.717, 1.165) is 38.2 Å². The first-order chi connectivity index (χ1) is 21.7. The lowest BCUT2D eigenvalue weighted by atomic mass is 9.92. The topological polar surface area (TPSA) is 12.9 Å². The van der Waals surface area contributed by atoms with Gasteiger partial charge in [0.1, 0.15) is 0 Å². The minimum absolute atomic E-state index is 0.129. The molecule has 7 aromatic rings. The predicted molar refractivity (Wildman–Crippen MR) is 178 cm³/mol. The van der Waals surface area contributed by atoms with Gasteiger partial charge in [0.2, 0.25) is 0 Å². The summed E-state index contributed by atoms with van der Waals surface area (Å²) in [5.41, 5.74) is 0.0611. The largest absolute Gasteiger partial charge is 0.417 e. The maximum atomic E-state index is 14.2. The monoisotopic (exact) mass is 639 g/mol. The van der Waals surface area contributed by atoms with E-state index in [4.69, 9.17) is 0 Å². The average molecular weight is 640 g/mol. The van der Waals surface area contributed by atoms with Gasteiger partial charge in [-0.25, -0.2) is 0 Å². The Labute approximate surface area is 262 Å². The molecule has 6 aromatic carbocycles. The minimum Gasteiger partial charge on any atom is -0.256 e. The van der Waals surface area contributed by atoms with Gasteiger partial charge >= 0.3 is 12.4 Å². The van der Waals surface area contributed by atoms with Gasteiger partial charge in [0.25, 0.3) is 0 Å². The summed E-state index contributed by atoms with van der Waals surface area (Å²) in [6, 6.07) is 28.7. The van der Waals surface area contributed by atoms with Crippen molar-refractivity contribution in [2.75, 3.05) is 0 Å². The summed E-state index contributed by atoms with van der Waals surface area (Å²) in [6.07, 6.45) is -7.45. The van der Waals surface area contributed by atoms with Gasteiger partial charge in [0, 0.05) is 17.1 Å². The lowest BCUT2D eigenvalue weighted by molar-refractivity contribution is -0.137. The molecule has 0 radical (unpaired) electrons. The Morgan fingerprint density at radius 2 is 1.11 bits per heavy atom. The highest BCUT2D eigenvalue weighted by Crippen LogP contribution is 2.42. The van der Waals surface area contributed by atoms with E-state index in [0.29, 0.717) is 27.6 Å². The van der Waals surface area contributed by atoms with E-state index in [1.165, 1.54) is 12.1 Å². The molecule has 0 aliphatic carbocycles. The van der Waals surface area contributed by atoms with Crippen molar-refractivity contribution in [3.05, 3.63) is 120 Å². The van der Waals surface area contributed by atoms with E-state index in [9.17, 15) is 26.3 Å². The van der Waals surface area contributed by atoms with Gasteiger partial charge in [0.15, 0.2) is 0 Å². The van der Waals surface area contributed by atoms with Crippen LogP contribution in [0.3, 0.4) is 0 Å². The molecule has 7 rings (SSSR count). The summed E-state index contributed by atoms with van der Waals surface area (Å²) in [5.74, 6) is 0. The Kier molecular flexibility index (Phi) is 6.79. The van der Waals surface area contributed by atoms with Crippen molar-refractivity contribution in [1.82, 2.24) is 4.98 Å². The Hall–Kier alpha value is -4.69. The molecule has 0 aliphatic rings. The molecular formula is C38H27F6NSi. The third-order valence-corrected chi connectivity index (χ3v) is 10.7. The Bertz CT molecular complexity index is 2330. The summed E-state index contributed by atoms with van der Waals surface area (Å²) in [5, 5.41) is 6.26. The number of rotatable bonds is 3. The number of aromatic nitrogens is 1. The van der Waals surface area contributed by atoms with Crippen LogP contribution in [0.5, 0.6) is 0 Å². The van der Waals surface area contributed by atoms with Crippen LogP contribution < -0.4 is 5.19 Å². The fraction of sp³-hybridized carbons (Fsp3) is 0.132. The second-order valence-electron chi connectivity index (χ2n) is 12.7. The van der Waals surface area contributed by atoms with E-state index >= 15 is 0 Å². The van der Waals surface area contributed by atoms with Crippen LogP contribution in [0, 0.1) is 0 Å². The Balaban J connectivity index is 1.39. The standard InChI is InChI=1S/C38H27F6NSi/c1-46(2,3)26-10-13-29(35(21-26)38(42,43)44)24-8-11-27-23(18-24)9-12-31-30(27)14-15-33-32(31)16-17-45-36(33)25-19-22-6-4-5-7-28(22)34(20-25)37(39,40)41/h4-21H,1-3H3.